The van der Waals surface area contributed by atoms with E-state index in [2.05, 4.69) is 5.32 Å². The maximum atomic E-state index is 11.6. The highest BCUT2D eigenvalue weighted by Gasteiger charge is 2.14. The first kappa shape index (κ1) is 13.4. The fourth-order valence-corrected chi connectivity index (χ4v) is 1.07. The molecule has 0 aromatic heterocycles. The molecule has 0 aliphatic carbocycles. The van der Waals surface area contributed by atoms with E-state index in [1.807, 2.05) is 27.8 Å². The van der Waals surface area contributed by atoms with E-state index in [0.29, 0.717) is 6.61 Å². The third kappa shape index (κ3) is 5.19. The Hall–Kier alpha value is -0.610. The average molecular weight is 202 g/mol. The van der Waals surface area contributed by atoms with E-state index in [1.54, 1.807) is 4.90 Å². The molecule has 0 rings (SSSR count). The molecule has 0 heterocycles. The number of rotatable bonds is 7. The lowest BCUT2D eigenvalue weighted by Gasteiger charge is -2.20. The summed E-state index contributed by atoms with van der Waals surface area (Å²) in [4.78, 5) is 13.3. The monoisotopic (exact) mass is 202 g/mol. The molecule has 1 atom stereocenters. The van der Waals surface area contributed by atoms with Crippen molar-refractivity contribution in [3.8, 4) is 0 Å². The van der Waals surface area contributed by atoms with Crippen LogP contribution in [-0.4, -0.2) is 50.2 Å². The van der Waals surface area contributed by atoms with Crippen molar-refractivity contribution in [1.82, 2.24) is 10.2 Å². The third-order valence-electron chi connectivity index (χ3n) is 2.12. The zero-order valence-electron chi connectivity index (χ0n) is 9.67. The summed E-state index contributed by atoms with van der Waals surface area (Å²) in [5, 5.41) is 3.12. The van der Waals surface area contributed by atoms with Crippen LogP contribution in [-0.2, 0) is 9.53 Å². The maximum Gasteiger partial charge on any atom is 0.239 e. The summed E-state index contributed by atoms with van der Waals surface area (Å²) in [5.74, 6) is 0.129. The van der Waals surface area contributed by atoms with Gasteiger partial charge in [0.15, 0.2) is 0 Å². The molecule has 0 saturated heterocycles. The van der Waals surface area contributed by atoms with Crippen molar-refractivity contribution in [3.05, 3.63) is 0 Å². The molecule has 84 valence electrons. The lowest BCUT2D eigenvalue weighted by atomic mass is 10.3. The minimum atomic E-state index is -0.125. The lowest BCUT2D eigenvalue weighted by molar-refractivity contribution is -0.131. The Kier molecular flexibility index (Phi) is 7.42. The Balaban J connectivity index is 3.62. The van der Waals surface area contributed by atoms with Crippen molar-refractivity contribution in [1.29, 1.82) is 0 Å². The van der Waals surface area contributed by atoms with Crippen LogP contribution in [0.5, 0.6) is 0 Å². The number of likely N-dealkylation sites (N-methyl/N-ethyl adjacent to an activating group) is 1. The van der Waals surface area contributed by atoms with Crippen molar-refractivity contribution in [2.24, 2.45) is 0 Å². The van der Waals surface area contributed by atoms with Crippen molar-refractivity contribution in [2.75, 3.05) is 33.4 Å². The van der Waals surface area contributed by atoms with Gasteiger partial charge in [-0.3, -0.25) is 4.79 Å². The van der Waals surface area contributed by atoms with Gasteiger partial charge in [-0.2, -0.15) is 0 Å². The van der Waals surface area contributed by atoms with Gasteiger partial charge in [0.1, 0.15) is 0 Å². The molecule has 0 spiro atoms. The Labute approximate surface area is 86.6 Å². The third-order valence-corrected chi connectivity index (χ3v) is 2.12. The van der Waals surface area contributed by atoms with Crippen LogP contribution in [0, 0.1) is 0 Å². The van der Waals surface area contributed by atoms with Crippen molar-refractivity contribution in [3.63, 3.8) is 0 Å². The molecule has 1 N–H and O–H groups in total. The zero-order valence-corrected chi connectivity index (χ0v) is 9.67. The van der Waals surface area contributed by atoms with Crippen molar-refractivity contribution >= 4 is 5.91 Å². The molecule has 1 unspecified atom stereocenters. The van der Waals surface area contributed by atoms with Gasteiger partial charge in [0, 0.05) is 26.7 Å². The molecule has 0 radical (unpaired) electrons. The quantitative estimate of drug-likeness (QED) is 0.611. The topological polar surface area (TPSA) is 41.6 Å². The summed E-state index contributed by atoms with van der Waals surface area (Å²) in [6.45, 7) is 8.64. The largest absolute Gasteiger partial charge is 0.380 e. The number of carbonyl (C=O) groups is 1. The molecule has 4 heteroatoms. The predicted octanol–water partition coefficient (Wildman–Crippen LogP) is 0.479. The first-order valence-corrected chi connectivity index (χ1v) is 5.19. The second-order valence-corrected chi connectivity index (χ2v) is 3.23. The number of carbonyl (C=O) groups excluding carboxylic acids is 1. The average Bonchev–Trinajstić information content (AvgIpc) is 2.21. The fraction of sp³-hybridized carbons (Fsp3) is 0.900. The van der Waals surface area contributed by atoms with E-state index in [0.717, 1.165) is 19.7 Å². The van der Waals surface area contributed by atoms with Gasteiger partial charge in [0.05, 0.1) is 12.6 Å². The van der Waals surface area contributed by atoms with Gasteiger partial charge in [-0.1, -0.05) is 0 Å². The van der Waals surface area contributed by atoms with Crippen LogP contribution in [0.4, 0.5) is 0 Å². The summed E-state index contributed by atoms with van der Waals surface area (Å²) >= 11 is 0. The van der Waals surface area contributed by atoms with Gasteiger partial charge >= 0.3 is 0 Å². The predicted molar refractivity (Wildman–Crippen MR) is 57.3 cm³/mol. The summed E-state index contributed by atoms with van der Waals surface area (Å²) < 4.78 is 5.16. The van der Waals surface area contributed by atoms with Crippen LogP contribution in [0.15, 0.2) is 0 Å². The highest BCUT2D eigenvalue weighted by molar-refractivity contribution is 5.81. The fourth-order valence-electron chi connectivity index (χ4n) is 1.07. The Morgan fingerprint density at radius 1 is 1.50 bits per heavy atom. The van der Waals surface area contributed by atoms with E-state index in [-0.39, 0.29) is 11.9 Å². The minimum absolute atomic E-state index is 0.125. The van der Waals surface area contributed by atoms with E-state index >= 15 is 0 Å². The number of hydrogen-bond acceptors (Lipinski definition) is 3. The molecule has 0 aromatic carbocycles. The van der Waals surface area contributed by atoms with Crippen LogP contribution < -0.4 is 5.32 Å². The summed E-state index contributed by atoms with van der Waals surface area (Å²) in [5.41, 5.74) is 0. The van der Waals surface area contributed by atoms with Gasteiger partial charge in [-0.05, 0) is 20.8 Å². The summed E-state index contributed by atoms with van der Waals surface area (Å²) in [6, 6.07) is -0.125. The van der Waals surface area contributed by atoms with Crippen LogP contribution in [0.25, 0.3) is 0 Å². The van der Waals surface area contributed by atoms with Gasteiger partial charge in [0.25, 0.3) is 0 Å². The van der Waals surface area contributed by atoms with Gasteiger partial charge in [0.2, 0.25) is 5.91 Å². The minimum Gasteiger partial charge on any atom is -0.380 e. The maximum absolute atomic E-state index is 11.6. The van der Waals surface area contributed by atoms with E-state index in [9.17, 15) is 4.79 Å². The number of nitrogens with one attached hydrogen (secondary N) is 1. The molecule has 0 bridgehead atoms. The van der Waals surface area contributed by atoms with Gasteiger partial charge < -0.3 is 15.0 Å². The second kappa shape index (κ2) is 7.76. The lowest BCUT2D eigenvalue weighted by Crippen LogP contribution is -2.44. The Bertz CT molecular complexity index is 162. The number of ether oxygens (including phenoxy) is 1. The van der Waals surface area contributed by atoms with E-state index in [1.165, 1.54) is 0 Å². The Morgan fingerprint density at radius 3 is 2.64 bits per heavy atom. The van der Waals surface area contributed by atoms with Crippen molar-refractivity contribution in [2.45, 2.75) is 26.8 Å². The smallest absolute Gasteiger partial charge is 0.239 e. The van der Waals surface area contributed by atoms with Crippen LogP contribution in [0.2, 0.25) is 0 Å². The molecule has 14 heavy (non-hydrogen) atoms. The van der Waals surface area contributed by atoms with Crippen LogP contribution in [0.1, 0.15) is 20.8 Å². The molecular weight excluding hydrogens is 180 g/mol. The van der Waals surface area contributed by atoms with Crippen molar-refractivity contribution < 1.29 is 9.53 Å². The molecule has 0 aliphatic heterocycles. The normalized spacial score (nSPS) is 12.6. The first-order chi connectivity index (χ1) is 6.63. The highest BCUT2D eigenvalue weighted by atomic mass is 16.5. The number of nitrogens with zero attached hydrogens (tertiary/aromatic N) is 1. The second-order valence-electron chi connectivity index (χ2n) is 3.23. The van der Waals surface area contributed by atoms with Crippen LogP contribution >= 0.6 is 0 Å². The van der Waals surface area contributed by atoms with Gasteiger partial charge in [-0.15, -0.1) is 0 Å². The highest BCUT2D eigenvalue weighted by Crippen LogP contribution is 1.90. The van der Waals surface area contributed by atoms with Crippen LogP contribution in [0.3, 0.4) is 0 Å². The molecule has 0 aromatic rings. The summed E-state index contributed by atoms with van der Waals surface area (Å²) in [7, 11) is 1.81. The van der Waals surface area contributed by atoms with E-state index < -0.39 is 0 Å². The standard InChI is InChI=1S/C10H22N2O2/c1-5-12(4)10(13)9(3)11-7-8-14-6-2/h9,11H,5-8H2,1-4H3. The van der Waals surface area contributed by atoms with Gasteiger partial charge in [-0.25, -0.2) is 0 Å². The number of hydrogen-bond donors (Lipinski definition) is 1. The first-order valence-electron chi connectivity index (χ1n) is 5.19. The molecular formula is C10H22N2O2. The zero-order chi connectivity index (χ0) is 11.0. The SMILES string of the molecule is CCOCCNC(C)C(=O)N(C)CC. The molecule has 4 nitrogen and oxygen atoms in total. The Morgan fingerprint density at radius 2 is 2.14 bits per heavy atom. The van der Waals surface area contributed by atoms with E-state index in [4.69, 9.17) is 4.74 Å². The summed E-state index contributed by atoms with van der Waals surface area (Å²) in [6.07, 6.45) is 0. The molecule has 0 aliphatic rings. The number of amides is 1. The molecule has 1 amide bonds. The molecule has 0 fully saturated rings. The molecule has 0 saturated carbocycles.